The largest absolute Gasteiger partial charge is 0.175 e. The van der Waals surface area contributed by atoms with Crippen molar-refractivity contribution in [2.45, 2.75) is 223 Å². The lowest BCUT2D eigenvalue weighted by Crippen LogP contribution is -2.04. The molecule has 0 aliphatic rings. The Morgan fingerprint density at radius 1 is 0.216 bits per heavy atom. The van der Waals surface area contributed by atoms with Crippen molar-refractivity contribution in [3.8, 4) is 23.7 Å². The van der Waals surface area contributed by atoms with Crippen LogP contribution in [0.5, 0.6) is 0 Å². The average Bonchev–Trinajstić information content (AvgIpc) is 0.643. The number of benzene rings is 15. The molecule has 15 rings (SSSR count). The van der Waals surface area contributed by atoms with Gasteiger partial charge >= 0.3 is 0 Å². The Balaban J connectivity index is 1.10. The highest BCUT2D eigenvalue weighted by molar-refractivity contribution is 7.79. The predicted molar refractivity (Wildman–Crippen MR) is 459 cm³/mol. The van der Waals surface area contributed by atoms with Crippen molar-refractivity contribution in [1.82, 2.24) is 0 Å². The Morgan fingerprint density at radius 2 is 0.412 bits per heavy atom. The van der Waals surface area contributed by atoms with Crippen molar-refractivity contribution in [2.24, 2.45) is 47.3 Å². The Bertz CT molecular complexity index is 4960. The fraction of sp³-hybridized carbons (Fsp3) is 0.420. The van der Waals surface area contributed by atoms with Crippen LogP contribution >= 0.6 is 25.3 Å². The maximum Gasteiger partial charge on any atom is 0.0261 e. The van der Waals surface area contributed by atoms with E-state index in [1.165, 1.54) is 265 Å². The van der Waals surface area contributed by atoms with E-state index in [1.807, 2.05) is 0 Å². The summed E-state index contributed by atoms with van der Waals surface area (Å²) in [6.07, 6.45) is 24.4. The van der Waals surface area contributed by atoms with Gasteiger partial charge in [-0.3, -0.25) is 0 Å². The van der Waals surface area contributed by atoms with Gasteiger partial charge in [0.1, 0.15) is 0 Å². The van der Waals surface area contributed by atoms with Crippen molar-refractivity contribution in [1.29, 1.82) is 0 Å². The van der Waals surface area contributed by atoms with Crippen molar-refractivity contribution in [2.75, 3.05) is 0 Å². The number of thiol groups is 2. The molecule has 0 nitrogen and oxygen atoms in total. The fourth-order valence-corrected chi connectivity index (χ4v) is 19.1. The molecule has 0 heterocycles. The Kier molecular flexibility index (Phi) is 20.5. The molecule has 0 fully saturated rings. The lowest BCUT2D eigenvalue weighted by Gasteiger charge is -2.30. The SMILES string of the molecule is CC(C)CCCC(C)CCc1cc2c3cc(C#Cc4ccc(CS)cc4)cc4c5cc(CCC(C)CCCC(C)C)cc6c7cc(CCC(C)CCCC(C)C)cc8c9cc(C#Cc%10ccc(CS)cc%10)cc%10c%11cc(CCC(C)CCCC(C)C)cc%12c(c1)c2c1c(c34)c(c56)c(c87)c(c%109)c1c%11%12. The van der Waals surface area contributed by atoms with Gasteiger partial charge in [0, 0.05) is 33.8 Å². The van der Waals surface area contributed by atoms with Crippen LogP contribution in [0.1, 0.15) is 241 Å². The number of hydrogen-bond donors (Lipinski definition) is 2. The molecule has 102 heavy (non-hydrogen) atoms. The molecule has 0 amide bonds. The summed E-state index contributed by atoms with van der Waals surface area (Å²) in [5.74, 6) is 22.2. The quantitative estimate of drug-likeness (QED) is 0.0191. The molecule has 15 aromatic rings. The zero-order chi connectivity index (χ0) is 70.8. The van der Waals surface area contributed by atoms with Gasteiger partial charge in [0.05, 0.1) is 0 Å². The van der Waals surface area contributed by atoms with Crippen molar-refractivity contribution in [3.63, 3.8) is 0 Å². The Labute approximate surface area is 621 Å². The van der Waals surface area contributed by atoms with Crippen LogP contribution in [0.15, 0.2) is 121 Å². The Morgan fingerprint density at radius 3 is 0.608 bits per heavy atom. The van der Waals surface area contributed by atoms with Gasteiger partial charge < -0.3 is 0 Å². The number of fused-ring (bicyclic) bond motifs is 6. The van der Waals surface area contributed by atoms with E-state index in [4.69, 9.17) is 0 Å². The second-order valence-corrected chi connectivity index (χ2v) is 35.1. The molecule has 2 heteroatoms. The maximum atomic E-state index is 4.64. The third-order valence-corrected chi connectivity index (χ3v) is 25.1. The van der Waals surface area contributed by atoms with E-state index in [1.54, 1.807) is 0 Å². The van der Waals surface area contributed by atoms with Gasteiger partial charge in [-0.15, -0.1) is 0 Å². The summed E-state index contributed by atoms with van der Waals surface area (Å²) in [7, 11) is 0. The summed E-state index contributed by atoms with van der Waals surface area (Å²) >= 11 is 9.29. The lowest BCUT2D eigenvalue weighted by atomic mass is 9.72. The molecule has 0 spiro atoms. The van der Waals surface area contributed by atoms with E-state index in [-0.39, 0.29) is 0 Å². The molecule has 4 atom stereocenters. The summed E-state index contributed by atoms with van der Waals surface area (Å²) in [6.45, 7) is 29.1. The number of hydrogen-bond acceptors (Lipinski definition) is 2. The summed E-state index contributed by atoms with van der Waals surface area (Å²) in [4.78, 5) is 0. The van der Waals surface area contributed by atoms with Crippen LogP contribution in [0, 0.1) is 71.0 Å². The first-order chi connectivity index (χ1) is 49.4. The molecule has 0 radical (unpaired) electrons. The molecule has 15 aromatic carbocycles. The first-order valence-corrected chi connectivity index (χ1v) is 41.4. The van der Waals surface area contributed by atoms with Gasteiger partial charge in [-0.1, -0.05) is 257 Å². The third kappa shape index (κ3) is 13.7. The van der Waals surface area contributed by atoms with E-state index < -0.39 is 0 Å². The van der Waals surface area contributed by atoms with Crippen LogP contribution < -0.4 is 0 Å². The van der Waals surface area contributed by atoms with Crippen LogP contribution in [-0.2, 0) is 37.2 Å². The summed E-state index contributed by atoms with van der Waals surface area (Å²) in [5, 5.41) is 34.1. The standard InChI is InChI=1S/C100H110S2/c1-59(2)17-13-21-63(9)25-29-71-45-77-78-46-72(30-26-64(10)22-14-18-60(3)4)50-82-87-55-76(44-38-68-35-41-70(58-102)42-36-68)56-88-84-52-74(32-28-66(12)24-16-20-62(7)8)48-80-79-47-73(31-27-65(11)23-15-19-61(5)6)51-83-86-54-75(43-37-67-33-39-69(57-101)40-34-67)53-85-81(49-71)89(77)95-96(90(78)82)100(94(87)88)98(92(80)84)97(91(79)83)99(95)93(85)86/h33-36,39-42,45-56,59-66,101-102H,13-32,57-58H2,1-12H3. The van der Waals surface area contributed by atoms with Gasteiger partial charge in [-0.2, -0.15) is 25.3 Å². The third-order valence-electron chi connectivity index (χ3n) is 24.4. The number of aryl methyl sites for hydroxylation is 4. The topological polar surface area (TPSA) is 0 Å². The molecule has 4 unspecified atom stereocenters. The van der Waals surface area contributed by atoms with Crippen LogP contribution in [0.3, 0.4) is 0 Å². The van der Waals surface area contributed by atoms with Crippen molar-refractivity contribution in [3.05, 3.63) is 177 Å². The van der Waals surface area contributed by atoms with E-state index >= 15 is 0 Å². The van der Waals surface area contributed by atoms with Crippen molar-refractivity contribution >= 4 is 155 Å². The molecule has 0 aromatic heterocycles. The highest BCUT2D eigenvalue weighted by Gasteiger charge is 2.33. The molecule has 0 N–H and O–H groups in total. The highest BCUT2D eigenvalue weighted by atomic mass is 32.1. The molecule has 0 saturated heterocycles. The highest BCUT2D eigenvalue weighted by Crippen LogP contribution is 2.61. The van der Waals surface area contributed by atoms with Crippen LogP contribution in [0.4, 0.5) is 0 Å². The normalized spacial score (nSPS) is 13.9. The zero-order valence-electron chi connectivity index (χ0n) is 63.6. The summed E-state index contributed by atoms with van der Waals surface area (Å²) in [5.41, 5.74) is 12.5. The lowest BCUT2D eigenvalue weighted by molar-refractivity contribution is 0.437. The van der Waals surface area contributed by atoms with E-state index in [2.05, 4.69) is 253 Å². The predicted octanol–water partition coefficient (Wildman–Crippen LogP) is 29.4. The minimum Gasteiger partial charge on any atom is -0.175 e. The summed E-state index contributed by atoms with van der Waals surface area (Å²) in [6, 6.07) is 49.3. The smallest absolute Gasteiger partial charge is 0.0261 e. The minimum absolute atomic E-state index is 0.639. The van der Waals surface area contributed by atoms with E-state index in [9.17, 15) is 0 Å². The van der Waals surface area contributed by atoms with Crippen molar-refractivity contribution < 1.29 is 0 Å². The van der Waals surface area contributed by atoms with Crippen LogP contribution in [0.2, 0.25) is 0 Å². The van der Waals surface area contributed by atoms with Crippen LogP contribution in [0.25, 0.3) is 129 Å². The fourth-order valence-electron chi connectivity index (χ4n) is 18.6. The van der Waals surface area contributed by atoms with Gasteiger partial charge in [0.15, 0.2) is 0 Å². The van der Waals surface area contributed by atoms with Gasteiger partial charge in [-0.05, 0) is 310 Å². The van der Waals surface area contributed by atoms with Gasteiger partial charge in [0.25, 0.3) is 0 Å². The molecular formula is C100H110S2. The van der Waals surface area contributed by atoms with Crippen LogP contribution in [-0.4, -0.2) is 0 Å². The number of rotatable bonds is 30. The summed E-state index contributed by atoms with van der Waals surface area (Å²) < 4.78 is 0. The van der Waals surface area contributed by atoms with E-state index in [0.717, 1.165) is 71.6 Å². The molecule has 0 saturated carbocycles. The average molecular weight is 1380 g/mol. The first kappa shape index (κ1) is 70.5. The second kappa shape index (κ2) is 29.7. The molecule has 0 aliphatic heterocycles. The maximum absolute atomic E-state index is 4.64. The first-order valence-electron chi connectivity index (χ1n) is 40.2. The minimum atomic E-state index is 0.639. The van der Waals surface area contributed by atoms with Gasteiger partial charge in [-0.25, -0.2) is 0 Å². The zero-order valence-corrected chi connectivity index (χ0v) is 65.4. The second-order valence-electron chi connectivity index (χ2n) is 34.5. The molecule has 522 valence electrons. The molecule has 0 aliphatic carbocycles. The molecule has 0 bridgehead atoms. The molecular weight excluding hydrogens is 1270 g/mol. The van der Waals surface area contributed by atoms with E-state index in [0.29, 0.717) is 35.2 Å². The Hall–Kier alpha value is -7.20. The van der Waals surface area contributed by atoms with Gasteiger partial charge in [0.2, 0.25) is 0 Å². The monoisotopic (exact) mass is 1370 g/mol.